The number of fused-ring (bicyclic) bond motifs is 1. The van der Waals surface area contributed by atoms with E-state index < -0.39 is 4.92 Å². The number of anilines is 1. The number of hydrogen-bond acceptors (Lipinski definition) is 7. The third-order valence-corrected chi connectivity index (χ3v) is 4.71. The van der Waals surface area contributed by atoms with Gasteiger partial charge in [-0.05, 0) is 23.6 Å². The SMILES string of the molecule is O=C(CCn1cnc2sccc2c1=O)NCCNc1ccc([N+](=O)[O-])cc1. The van der Waals surface area contributed by atoms with Crippen LogP contribution in [0.4, 0.5) is 11.4 Å². The van der Waals surface area contributed by atoms with Crippen molar-refractivity contribution < 1.29 is 9.72 Å². The predicted octanol–water partition coefficient (Wildman–Crippen LogP) is 1.98. The van der Waals surface area contributed by atoms with Crippen LogP contribution in [-0.2, 0) is 11.3 Å². The Balaban J connectivity index is 1.41. The molecule has 0 bridgehead atoms. The van der Waals surface area contributed by atoms with Gasteiger partial charge in [-0.1, -0.05) is 0 Å². The number of hydrogen-bond donors (Lipinski definition) is 2. The highest BCUT2D eigenvalue weighted by Crippen LogP contribution is 2.15. The molecule has 27 heavy (non-hydrogen) atoms. The lowest BCUT2D eigenvalue weighted by molar-refractivity contribution is -0.384. The van der Waals surface area contributed by atoms with Crippen molar-refractivity contribution in [1.82, 2.24) is 14.9 Å². The molecule has 2 aromatic heterocycles. The molecule has 1 amide bonds. The second-order valence-corrected chi connectivity index (χ2v) is 6.61. The minimum absolute atomic E-state index is 0.0271. The number of thiophene rings is 1. The molecule has 0 saturated carbocycles. The zero-order valence-electron chi connectivity index (χ0n) is 14.3. The van der Waals surface area contributed by atoms with Gasteiger partial charge in [-0.3, -0.25) is 24.3 Å². The maximum Gasteiger partial charge on any atom is 0.269 e. The van der Waals surface area contributed by atoms with E-state index in [1.807, 2.05) is 5.38 Å². The van der Waals surface area contributed by atoms with E-state index in [0.29, 0.717) is 23.3 Å². The van der Waals surface area contributed by atoms with Crippen molar-refractivity contribution in [3.8, 4) is 0 Å². The Kier molecular flexibility index (Phi) is 5.77. The van der Waals surface area contributed by atoms with Gasteiger partial charge < -0.3 is 10.6 Å². The molecule has 0 spiro atoms. The third kappa shape index (κ3) is 4.67. The molecule has 0 aliphatic rings. The lowest BCUT2D eigenvalue weighted by atomic mass is 10.3. The predicted molar refractivity (Wildman–Crippen MR) is 103 cm³/mol. The second-order valence-electron chi connectivity index (χ2n) is 5.71. The van der Waals surface area contributed by atoms with Crippen LogP contribution in [0.2, 0.25) is 0 Å². The standard InChI is InChI=1S/C17H17N5O4S/c23-15(5-9-21-11-20-16-14(17(21)24)6-10-27-16)19-8-7-18-12-1-3-13(4-2-12)22(25)26/h1-4,6,10-11,18H,5,7-9H2,(H,19,23). The van der Waals surface area contributed by atoms with Crippen LogP contribution >= 0.6 is 11.3 Å². The Hall–Kier alpha value is -3.27. The molecule has 0 fully saturated rings. The van der Waals surface area contributed by atoms with E-state index in [9.17, 15) is 19.7 Å². The van der Waals surface area contributed by atoms with Gasteiger partial charge in [-0.15, -0.1) is 11.3 Å². The number of non-ortho nitro benzene ring substituents is 1. The number of benzene rings is 1. The highest BCUT2D eigenvalue weighted by atomic mass is 32.1. The summed E-state index contributed by atoms with van der Waals surface area (Å²) in [4.78, 5) is 39.2. The first-order valence-electron chi connectivity index (χ1n) is 8.22. The van der Waals surface area contributed by atoms with Crippen molar-refractivity contribution in [2.24, 2.45) is 0 Å². The van der Waals surface area contributed by atoms with E-state index in [-0.39, 0.29) is 30.1 Å². The molecule has 140 valence electrons. The summed E-state index contributed by atoms with van der Waals surface area (Å²) in [5, 5.41) is 18.8. The lowest BCUT2D eigenvalue weighted by Crippen LogP contribution is -2.30. The minimum atomic E-state index is -0.457. The van der Waals surface area contributed by atoms with Crippen LogP contribution < -0.4 is 16.2 Å². The van der Waals surface area contributed by atoms with E-state index in [1.54, 1.807) is 18.2 Å². The second kappa shape index (κ2) is 8.41. The van der Waals surface area contributed by atoms with Crippen LogP contribution in [0, 0.1) is 10.1 Å². The van der Waals surface area contributed by atoms with Crippen molar-refractivity contribution in [3.05, 3.63) is 62.5 Å². The molecule has 0 atom stereocenters. The molecule has 2 heterocycles. The van der Waals surface area contributed by atoms with E-state index in [0.717, 1.165) is 5.69 Å². The van der Waals surface area contributed by atoms with Crippen LogP contribution in [0.15, 0.2) is 46.8 Å². The Morgan fingerprint density at radius 3 is 2.74 bits per heavy atom. The fraction of sp³-hybridized carbons (Fsp3) is 0.235. The van der Waals surface area contributed by atoms with Crippen molar-refractivity contribution in [2.75, 3.05) is 18.4 Å². The number of carbonyl (C=O) groups excluding carboxylic acids is 1. The Labute approximate surface area is 157 Å². The number of aryl methyl sites for hydroxylation is 1. The van der Waals surface area contributed by atoms with E-state index in [4.69, 9.17) is 0 Å². The molecule has 3 aromatic rings. The maximum atomic E-state index is 12.2. The molecule has 1 aromatic carbocycles. The minimum Gasteiger partial charge on any atom is -0.383 e. The van der Waals surface area contributed by atoms with Gasteiger partial charge >= 0.3 is 0 Å². The lowest BCUT2D eigenvalue weighted by Gasteiger charge is -2.09. The number of nitrogens with one attached hydrogen (secondary N) is 2. The number of nitro benzene ring substituents is 1. The van der Waals surface area contributed by atoms with Crippen LogP contribution in [-0.4, -0.2) is 33.5 Å². The first kappa shape index (κ1) is 18.5. The van der Waals surface area contributed by atoms with Gasteiger partial charge in [0, 0.05) is 43.9 Å². The van der Waals surface area contributed by atoms with Crippen molar-refractivity contribution in [3.63, 3.8) is 0 Å². The summed E-state index contributed by atoms with van der Waals surface area (Å²) in [5.74, 6) is -0.169. The molecule has 0 unspecified atom stereocenters. The molecule has 9 nitrogen and oxygen atoms in total. The van der Waals surface area contributed by atoms with Gasteiger partial charge in [0.05, 0.1) is 16.6 Å². The van der Waals surface area contributed by atoms with E-state index in [2.05, 4.69) is 15.6 Å². The molecular formula is C17H17N5O4S. The van der Waals surface area contributed by atoms with E-state index in [1.165, 1.54) is 34.4 Å². The van der Waals surface area contributed by atoms with Crippen molar-refractivity contribution >= 4 is 38.8 Å². The average Bonchev–Trinajstić information content (AvgIpc) is 3.15. The monoisotopic (exact) mass is 387 g/mol. The van der Waals surface area contributed by atoms with E-state index >= 15 is 0 Å². The first-order valence-corrected chi connectivity index (χ1v) is 9.10. The molecule has 2 N–H and O–H groups in total. The highest BCUT2D eigenvalue weighted by molar-refractivity contribution is 7.16. The van der Waals surface area contributed by atoms with Gasteiger partial charge in [0.15, 0.2) is 0 Å². The topological polar surface area (TPSA) is 119 Å². The largest absolute Gasteiger partial charge is 0.383 e. The van der Waals surface area contributed by atoms with Gasteiger partial charge in [0.25, 0.3) is 11.2 Å². The molecule has 0 saturated heterocycles. The summed E-state index contributed by atoms with van der Waals surface area (Å²) in [6.45, 7) is 1.14. The average molecular weight is 387 g/mol. The smallest absolute Gasteiger partial charge is 0.269 e. The third-order valence-electron chi connectivity index (χ3n) is 3.88. The molecule has 0 aliphatic carbocycles. The summed E-state index contributed by atoms with van der Waals surface area (Å²) in [5.41, 5.74) is 0.615. The summed E-state index contributed by atoms with van der Waals surface area (Å²) in [6, 6.07) is 7.78. The van der Waals surface area contributed by atoms with Crippen LogP contribution in [0.1, 0.15) is 6.42 Å². The molecule has 10 heteroatoms. The van der Waals surface area contributed by atoms with Crippen LogP contribution in [0.25, 0.3) is 10.2 Å². The summed E-state index contributed by atoms with van der Waals surface area (Å²) < 4.78 is 1.43. The number of amides is 1. The molecular weight excluding hydrogens is 370 g/mol. The number of carbonyl (C=O) groups is 1. The fourth-order valence-electron chi connectivity index (χ4n) is 2.47. The van der Waals surface area contributed by atoms with Gasteiger partial charge in [0.1, 0.15) is 4.83 Å². The molecule has 0 radical (unpaired) electrons. The zero-order valence-corrected chi connectivity index (χ0v) is 15.1. The van der Waals surface area contributed by atoms with Gasteiger partial charge in [-0.2, -0.15) is 0 Å². The molecule has 3 rings (SSSR count). The Morgan fingerprint density at radius 2 is 2.00 bits per heavy atom. The summed E-state index contributed by atoms with van der Waals surface area (Å²) >= 11 is 1.40. The fourth-order valence-corrected chi connectivity index (χ4v) is 3.20. The highest BCUT2D eigenvalue weighted by Gasteiger charge is 2.07. The number of nitrogens with zero attached hydrogens (tertiary/aromatic N) is 3. The number of aromatic nitrogens is 2. The Morgan fingerprint density at radius 1 is 1.22 bits per heavy atom. The van der Waals surface area contributed by atoms with Gasteiger partial charge in [0.2, 0.25) is 5.91 Å². The number of nitro groups is 1. The van der Waals surface area contributed by atoms with Crippen LogP contribution in [0.5, 0.6) is 0 Å². The molecule has 0 aliphatic heterocycles. The maximum absolute atomic E-state index is 12.2. The quantitative estimate of drug-likeness (QED) is 0.347. The van der Waals surface area contributed by atoms with Crippen molar-refractivity contribution in [1.29, 1.82) is 0 Å². The number of rotatable bonds is 8. The first-order chi connectivity index (χ1) is 13.0. The van der Waals surface area contributed by atoms with Gasteiger partial charge in [-0.25, -0.2) is 4.98 Å². The normalized spacial score (nSPS) is 10.7. The summed E-state index contributed by atoms with van der Waals surface area (Å²) in [7, 11) is 0. The van der Waals surface area contributed by atoms with Crippen molar-refractivity contribution in [2.45, 2.75) is 13.0 Å². The van der Waals surface area contributed by atoms with Crippen LogP contribution in [0.3, 0.4) is 0 Å². The Bertz CT molecular complexity index is 1010. The zero-order chi connectivity index (χ0) is 19.2. The summed E-state index contributed by atoms with van der Waals surface area (Å²) in [6.07, 6.45) is 1.64.